The second-order valence-corrected chi connectivity index (χ2v) is 6.82. The Bertz CT molecular complexity index is 560. The van der Waals surface area contributed by atoms with Crippen LogP contribution in [0.1, 0.15) is 49.9 Å². The number of rotatable bonds is 4. The van der Waals surface area contributed by atoms with E-state index in [1.807, 2.05) is 32.8 Å². The Balaban J connectivity index is 2.32. The summed E-state index contributed by atoms with van der Waals surface area (Å²) < 4.78 is 26.6. The third-order valence-corrected chi connectivity index (χ3v) is 4.67. The van der Waals surface area contributed by atoms with Crippen LogP contribution < -0.4 is 0 Å². The van der Waals surface area contributed by atoms with Gasteiger partial charge in [0.15, 0.2) is 11.6 Å². The second kappa shape index (κ2) is 7.39. The molecule has 0 saturated heterocycles. The molecule has 0 aromatic heterocycles. The van der Waals surface area contributed by atoms with Gasteiger partial charge in [0.2, 0.25) is 0 Å². The van der Waals surface area contributed by atoms with Gasteiger partial charge in [-0.25, -0.2) is 8.78 Å². The largest absolute Gasteiger partial charge is 0.332 e. The fraction of sp³-hybridized carbons (Fsp3) is 0.611. The molecule has 1 aromatic carbocycles. The fourth-order valence-corrected chi connectivity index (χ4v) is 3.56. The van der Waals surface area contributed by atoms with Gasteiger partial charge in [-0.15, -0.1) is 0 Å². The van der Waals surface area contributed by atoms with Crippen molar-refractivity contribution in [3.8, 4) is 0 Å². The normalized spacial score (nSPS) is 21.7. The average molecular weight is 324 g/mol. The lowest BCUT2D eigenvalue weighted by atomic mass is 9.87. The highest BCUT2D eigenvalue weighted by Crippen LogP contribution is 2.29. The van der Waals surface area contributed by atoms with Crippen LogP contribution in [-0.4, -0.2) is 47.9 Å². The van der Waals surface area contributed by atoms with E-state index in [4.69, 9.17) is 0 Å². The van der Waals surface area contributed by atoms with Crippen molar-refractivity contribution in [3.63, 3.8) is 0 Å². The van der Waals surface area contributed by atoms with Gasteiger partial charge in [0.25, 0.3) is 5.91 Å². The molecular formula is C18H26F2N2O. The molecule has 1 aliphatic rings. The Labute approximate surface area is 137 Å². The van der Waals surface area contributed by atoms with E-state index in [1.54, 1.807) is 0 Å². The smallest absolute Gasteiger partial charge is 0.254 e. The topological polar surface area (TPSA) is 23.6 Å². The minimum Gasteiger partial charge on any atom is -0.332 e. The molecule has 0 unspecified atom stereocenters. The molecule has 23 heavy (non-hydrogen) atoms. The van der Waals surface area contributed by atoms with E-state index in [0.29, 0.717) is 6.04 Å². The zero-order valence-corrected chi connectivity index (χ0v) is 14.4. The van der Waals surface area contributed by atoms with Crippen molar-refractivity contribution in [2.75, 3.05) is 14.1 Å². The van der Waals surface area contributed by atoms with E-state index in [1.165, 1.54) is 6.07 Å². The van der Waals surface area contributed by atoms with Gasteiger partial charge in [0, 0.05) is 23.7 Å². The maximum atomic E-state index is 13.5. The van der Waals surface area contributed by atoms with Crippen LogP contribution in [0.2, 0.25) is 0 Å². The van der Waals surface area contributed by atoms with Crippen molar-refractivity contribution in [1.82, 2.24) is 9.80 Å². The predicted molar refractivity (Wildman–Crippen MR) is 87.4 cm³/mol. The first kappa shape index (κ1) is 17.9. The standard InChI is InChI=1S/C18H26F2N2O/c1-12(2)22(17-8-6-5-7-16(17)21(3)4)18(23)13-9-10-14(19)15(20)11-13/h9-12,16-17H,5-8H2,1-4H3/t16-,17-/m1/s1. The third kappa shape index (κ3) is 3.89. The van der Waals surface area contributed by atoms with Crippen LogP contribution >= 0.6 is 0 Å². The summed E-state index contributed by atoms with van der Waals surface area (Å²) >= 11 is 0. The van der Waals surface area contributed by atoms with Crippen LogP contribution in [0.15, 0.2) is 18.2 Å². The maximum Gasteiger partial charge on any atom is 0.254 e. The van der Waals surface area contributed by atoms with Gasteiger partial charge >= 0.3 is 0 Å². The van der Waals surface area contributed by atoms with Gasteiger partial charge < -0.3 is 9.80 Å². The highest BCUT2D eigenvalue weighted by Gasteiger charge is 2.35. The molecule has 1 aromatic rings. The molecule has 0 bridgehead atoms. The highest BCUT2D eigenvalue weighted by molar-refractivity contribution is 5.94. The lowest BCUT2D eigenvalue weighted by Crippen LogP contribution is -2.55. The molecule has 1 saturated carbocycles. The summed E-state index contributed by atoms with van der Waals surface area (Å²) in [4.78, 5) is 16.9. The number of hydrogen-bond donors (Lipinski definition) is 0. The van der Waals surface area contributed by atoms with Crippen molar-refractivity contribution in [2.24, 2.45) is 0 Å². The molecule has 1 fully saturated rings. The van der Waals surface area contributed by atoms with Gasteiger partial charge in [-0.1, -0.05) is 12.8 Å². The van der Waals surface area contributed by atoms with Crippen molar-refractivity contribution in [2.45, 2.75) is 57.7 Å². The summed E-state index contributed by atoms with van der Waals surface area (Å²) in [5.41, 5.74) is 0.209. The van der Waals surface area contributed by atoms with E-state index in [0.717, 1.165) is 37.8 Å². The number of halogens is 2. The molecule has 1 amide bonds. The van der Waals surface area contributed by atoms with Gasteiger partial charge in [0.05, 0.1) is 0 Å². The molecule has 0 heterocycles. The number of amides is 1. The minimum absolute atomic E-state index is 0.00108. The van der Waals surface area contributed by atoms with E-state index in [2.05, 4.69) is 4.90 Å². The number of hydrogen-bond acceptors (Lipinski definition) is 2. The van der Waals surface area contributed by atoms with Crippen molar-refractivity contribution < 1.29 is 13.6 Å². The first-order valence-corrected chi connectivity index (χ1v) is 8.27. The Hall–Kier alpha value is -1.49. The molecule has 128 valence electrons. The number of benzene rings is 1. The third-order valence-electron chi connectivity index (χ3n) is 4.67. The summed E-state index contributed by atoms with van der Waals surface area (Å²) in [6.45, 7) is 3.94. The fourth-order valence-electron chi connectivity index (χ4n) is 3.56. The van der Waals surface area contributed by atoms with E-state index < -0.39 is 11.6 Å². The Morgan fingerprint density at radius 3 is 2.22 bits per heavy atom. The molecule has 0 N–H and O–H groups in total. The van der Waals surface area contributed by atoms with E-state index >= 15 is 0 Å². The second-order valence-electron chi connectivity index (χ2n) is 6.82. The van der Waals surface area contributed by atoms with Crippen LogP contribution in [0.5, 0.6) is 0 Å². The number of nitrogens with zero attached hydrogens (tertiary/aromatic N) is 2. The lowest BCUT2D eigenvalue weighted by molar-refractivity contribution is 0.0356. The summed E-state index contributed by atoms with van der Waals surface area (Å²) in [6.07, 6.45) is 4.23. The molecule has 5 heteroatoms. The molecule has 0 radical (unpaired) electrons. The summed E-state index contributed by atoms with van der Waals surface area (Å²) in [5, 5.41) is 0. The quantitative estimate of drug-likeness (QED) is 0.843. The maximum absolute atomic E-state index is 13.5. The molecule has 1 aliphatic carbocycles. The summed E-state index contributed by atoms with van der Waals surface area (Å²) in [7, 11) is 4.06. The monoisotopic (exact) mass is 324 g/mol. The molecule has 3 nitrogen and oxygen atoms in total. The van der Waals surface area contributed by atoms with Crippen LogP contribution in [0, 0.1) is 11.6 Å². The average Bonchev–Trinajstić information content (AvgIpc) is 2.50. The number of carbonyl (C=O) groups is 1. The van der Waals surface area contributed by atoms with E-state index in [9.17, 15) is 13.6 Å². The van der Waals surface area contributed by atoms with Crippen molar-refractivity contribution in [3.05, 3.63) is 35.4 Å². The summed E-state index contributed by atoms with van der Waals surface area (Å²) in [6, 6.07) is 3.77. The van der Waals surface area contributed by atoms with Gasteiger partial charge in [0.1, 0.15) is 0 Å². The van der Waals surface area contributed by atoms with Crippen LogP contribution in [-0.2, 0) is 0 Å². The predicted octanol–water partition coefficient (Wildman–Crippen LogP) is 3.69. The zero-order chi connectivity index (χ0) is 17.1. The first-order valence-electron chi connectivity index (χ1n) is 8.27. The summed E-state index contributed by atoms with van der Waals surface area (Å²) in [5.74, 6) is -2.13. The lowest BCUT2D eigenvalue weighted by Gasteiger charge is -2.44. The van der Waals surface area contributed by atoms with Crippen molar-refractivity contribution >= 4 is 5.91 Å². The molecule has 0 aliphatic heterocycles. The zero-order valence-electron chi connectivity index (χ0n) is 14.4. The Morgan fingerprint density at radius 2 is 1.70 bits per heavy atom. The van der Waals surface area contributed by atoms with Crippen LogP contribution in [0.4, 0.5) is 8.78 Å². The minimum atomic E-state index is -0.979. The Morgan fingerprint density at radius 1 is 1.09 bits per heavy atom. The molecular weight excluding hydrogens is 298 g/mol. The van der Waals surface area contributed by atoms with Gasteiger partial charge in [-0.05, 0) is 59.0 Å². The molecule has 2 atom stereocenters. The Kier molecular flexibility index (Phi) is 5.74. The van der Waals surface area contributed by atoms with Crippen molar-refractivity contribution in [1.29, 1.82) is 0 Å². The van der Waals surface area contributed by atoms with Gasteiger partial charge in [-0.2, -0.15) is 0 Å². The highest BCUT2D eigenvalue weighted by atomic mass is 19.2. The van der Waals surface area contributed by atoms with E-state index in [-0.39, 0.29) is 23.6 Å². The molecule has 2 rings (SSSR count). The van der Waals surface area contributed by atoms with Crippen LogP contribution in [0.25, 0.3) is 0 Å². The number of likely N-dealkylation sites (N-methyl/N-ethyl adjacent to an activating group) is 1. The van der Waals surface area contributed by atoms with Gasteiger partial charge in [-0.3, -0.25) is 4.79 Å². The molecule has 0 spiro atoms. The SMILES string of the molecule is CC(C)N(C(=O)c1ccc(F)c(F)c1)[C@@H]1CCCC[C@H]1N(C)C. The van der Waals surface area contributed by atoms with Crippen LogP contribution in [0.3, 0.4) is 0 Å². The first-order chi connectivity index (χ1) is 10.8. The number of carbonyl (C=O) groups excluding carboxylic acids is 1.